The van der Waals surface area contributed by atoms with Crippen LogP contribution in [0.3, 0.4) is 0 Å². The van der Waals surface area contributed by atoms with Crippen LogP contribution >= 0.6 is 0 Å². The van der Waals surface area contributed by atoms with Crippen LogP contribution in [-0.2, 0) is 22.6 Å². The van der Waals surface area contributed by atoms with Gasteiger partial charge >= 0.3 is 0 Å². The van der Waals surface area contributed by atoms with Crippen LogP contribution in [0.1, 0.15) is 75.5 Å². The molecule has 1 fully saturated rings. The van der Waals surface area contributed by atoms with E-state index in [1.165, 1.54) is 16.5 Å². The highest BCUT2D eigenvalue weighted by Crippen LogP contribution is 2.20. The normalized spacial score (nSPS) is 15.0. The zero-order chi connectivity index (χ0) is 23.1. The van der Waals surface area contributed by atoms with E-state index in [4.69, 9.17) is 0 Å². The van der Waals surface area contributed by atoms with Crippen LogP contribution in [-0.4, -0.2) is 28.8 Å². The lowest BCUT2D eigenvalue weighted by atomic mass is 10.00. The highest BCUT2D eigenvalue weighted by molar-refractivity contribution is 5.87. The Hall–Kier alpha value is -2.69. The molecule has 1 unspecified atom stereocenters. The van der Waals surface area contributed by atoms with E-state index in [2.05, 4.69) is 43.4 Å². The zero-order valence-corrected chi connectivity index (χ0v) is 19.4. The molecule has 0 heterocycles. The molecule has 172 valence electrons. The molecule has 1 aliphatic carbocycles. The molecule has 3 rings (SSSR count). The van der Waals surface area contributed by atoms with Crippen molar-refractivity contribution >= 4 is 11.8 Å². The maximum atomic E-state index is 14.3. The van der Waals surface area contributed by atoms with Gasteiger partial charge in [-0.3, -0.25) is 9.59 Å². The Balaban J connectivity index is 1.70. The molecule has 1 N–H and O–H groups in total. The van der Waals surface area contributed by atoms with Crippen LogP contribution in [0.5, 0.6) is 0 Å². The van der Waals surface area contributed by atoms with Crippen molar-refractivity contribution in [1.82, 2.24) is 10.2 Å². The van der Waals surface area contributed by atoms with Gasteiger partial charge in [0.25, 0.3) is 0 Å². The molecular formula is C27H35FN2O2. The smallest absolute Gasteiger partial charge is 0.242 e. The summed E-state index contributed by atoms with van der Waals surface area (Å²) >= 11 is 0. The van der Waals surface area contributed by atoms with Gasteiger partial charge in [-0.1, -0.05) is 69.2 Å². The van der Waals surface area contributed by atoms with Crippen molar-refractivity contribution < 1.29 is 14.0 Å². The number of nitrogens with one attached hydrogen (secondary N) is 1. The summed E-state index contributed by atoms with van der Waals surface area (Å²) in [7, 11) is 0. The molecule has 0 bridgehead atoms. The first-order valence-electron chi connectivity index (χ1n) is 11.8. The lowest BCUT2D eigenvalue weighted by Crippen LogP contribution is -2.49. The third kappa shape index (κ3) is 6.41. The number of aryl methyl sites for hydroxylation is 1. The predicted molar refractivity (Wildman–Crippen MR) is 126 cm³/mol. The second-order valence-electron chi connectivity index (χ2n) is 9.18. The van der Waals surface area contributed by atoms with Crippen molar-refractivity contribution in [2.24, 2.45) is 0 Å². The van der Waals surface area contributed by atoms with Gasteiger partial charge in [-0.05, 0) is 49.3 Å². The lowest BCUT2D eigenvalue weighted by molar-refractivity contribution is -0.140. The second kappa shape index (κ2) is 11.3. The van der Waals surface area contributed by atoms with E-state index < -0.39 is 6.04 Å². The number of amides is 2. The molecule has 2 aromatic carbocycles. The molecule has 32 heavy (non-hydrogen) atoms. The van der Waals surface area contributed by atoms with Crippen molar-refractivity contribution in [3.8, 4) is 0 Å². The molecule has 0 spiro atoms. The molecule has 0 saturated heterocycles. The van der Waals surface area contributed by atoms with Gasteiger partial charge in [-0.25, -0.2) is 4.39 Å². The Kier molecular flexibility index (Phi) is 8.43. The van der Waals surface area contributed by atoms with Gasteiger partial charge in [0, 0.05) is 24.6 Å². The molecule has 0 radical (unpaired) electrons. The maximum Gasteiger partial charge on any atom is 0.242 e. The average molecular weight is 439 g/mol. The summed E-state index contributed by atoms with van der Waals surface area (Å²) in [6.07, 6.45) is 5.05. The van der Waals surface area contributed by atoms with Crippen LogP contribution in [0, 0.1) is 5.82 Å². The molecular weight excluding hydrogens is 403 g/mol. The van der Waals surface area contributed by atoms with E-state index in [-0.39, 0.29) is 36.6 Å². The number of carbonyl (C=O) groups excluding carboxylic acids is 2. The van der Waals surface area contributed by atoms with Crippen molar-refractivity contribution in [2.75, 3.05) is 0 Å². The summed E-state index contributed by atoms with van der Waals surface area (Å²) in [5.41, 5.74) is 2.76. The van der Waals surface area contributed by atoms with Gasteiger partial charge in [0.1, 0.15) is 11.9 Å². The minimum atomic E-state index is -0.661. The highest BCUT2D eigenvalue weighted by atomic mass is 19.1. The zero-order valence-electron chi connectivity index (χ0n) is 19.4. The van der Waals surface area contributed by atoms with Crippen LogP contribution in [0.4, 0.5) is 4.39 Å². The minimum absolute atomic E-state index is 0.0804. The van der Waals surface area contributed by atoms with E-state index >= 15 is 0 Å². The number of rotatable bonds is 9. The van der Waals surface area contributed by atoms with Crippen LogP contribution in [0.2, 0.25) is 0 Å². The van der Waals surface area contributed by atoms with Gasteiger partial charge in [0.2, 0.25) is 11.8 Å². The van der Waals surface area contributed by atoms with E-state index in [1.807, 2.05) is 0 Å². The quantitative estimate of drug-likeness (QED) is 0.573. The Bertz CT molecular complexity index is 904. The van der Waals surface area contributed by atoms with Gasteiger partial charge in [0.05, 0.1) is 0 Å². The first-order valence-corrected chi connectivity index (χ1v) is 11.8. The lowest BCUT2D eigenvalue weighted by Gasteiger charge is -2.30. The molecule has 0 aromatic heterocycles. The molecule has 5 heteroatoms. The minimum Gasteiger partial charge on any atom is -0.352 e. The van der Waals surface area contributed by atoms with Crippen LogP contribution in [0.25, 0.3) is 0 Å². The van der Waals surface area contributed by atoms with E-state index in [0.29, 0.717) is 17.9 Å². The van der Waals surface area contributed by atoms with E-state index in [9.17, 15) is 14.0 Å². The largest absolute Gasteiger partial charge is 0.352 e. The Labute approximate surface area is 191 Å². The fourth-order valence-electron chi connectivity index (χ4n) is 4.25. The first-order chi connectivity index (χ1) is 15.3. The van der Waals surface area contributed by atoms with Crippen LogP contribution in [0.15, 0.2) is 48.5 Å². The summed E-state index contributed by atoms with van der Waals surface area (Å²) in [5.74, 6) is -0.211. The number of nitrogens with zero attached hydrogens (tertiary/aromatic N) is 1. The third-order valence-corrected chi connectivity index (χ3v) is 6.44. The van der Waals surface area contributed by atoms with E-state index in [1.54, 1.807) is 25.1 Å². The molecule has 1 aliphatic rings. The van der Waals surface area contributed by atoms with E-state index in [0.717, 1.165) is 31.2 Å². The number of hydrogen-bond acceptors (Lipinski definition) is 2. The molecule has 2 amide bonds. The standard InChI is InChI=1S/C27H35FN2O2/c1-19(2)22-15-12-21(13-16-22)14-17-26(31)30(18-23-8-4-7-11-25(23)28)20(3)27(32)29-24-9-5-6-10-24/h4,7-8,11-13,15-16,19-20,24H,5-6,9-10,14,17-18H2,1-3H3,(H,29,32). The molecule has 4 nitrogen and oxygen atoms in total. The number of benzene rings is 2. The summed E-state index contributed by atoms with van der Waals surface area (Å²) in [6.45, 7) is 6.12. The maximum absolute atomic E-state index is 14.3. The molecule has 2 aromatic rings. The summed E-state index contributed by atoms with van der Waals surface area (Å²) < 4.78 is 14.3. The van der Waals surface area contributed by atoms with Crippen molar-refractivity contribution in [3.05, 3.63) is 71.0 Å². The number of halogens is 1. The first kappa shape index (κ1) is 24.0. The highest BCUT2D eigenvalue weighted by Gasteiger charge is 2.28. The number of hydrogen-bond donors (Lipinski definition) is 1. The van der Waals surface area contributed by atoms with Gasteiger partial charge < -0.3 is 10.2 Å². The summed E-state index contributed by atoms with van der Waals surface area (Å²) in [5, 5.41) is 3.08. The summed E-state index contributed by atoms with van der Waals surface area (Å²) in [4.78, 5) is 27.6. The van der Waals surface area contributed by atoms with Crippen molar-refractivity contribution in [2.45, 2.75) is 83.8 Å². The third-order valence-electron chi connectivity index (χ3n) is 6.44. The number of carbonyl (C=O) groups is 2. The molecule has 0 aliphatic heterocycles. The SMILES string of the molecule is CC(C)c1ccc(CCC(=O)N(Cc2ccccc2F)C(C)C(=O)NC2CCCC2)cc1. The van der Waals surface area contributed by atoms with Crippen molar-refractivity contribution in [3.63, 3.8) is 0 Å². The van der Waals surface area contributed by atoms with Gasteiger partial charge in [-0.15, -0.1) is 0 Å². The van der Waals surface area contributed by atoms with Crippen molar-refractivity contribution in [1.29, 1.82) is 0 Å². The van der Waals surface area contributed by atoms with Gasteiger partial charge in [-0.2, -0.15) is 0 Å². The summed E-state index contributed by atoms with van der Waals surface area (Å²) in [6, 6.07) is 14.3. The van der Waals surface area contributed by atoms with Crippen LogP contribution < -0.4 is 5.32 Å². The topological polar surface area (TPSA) is 49.4 Å². The average Bonchev–Trinajstić information content (AvgIpc) is 3.29. The fourth-order valence-corrected chi connectivity index (χ4v) is 4.25. The fraction of sp³-hybridized carbons (Fsp3) is 0.481. The molecule has 1 atom stereocenters. The monoisotopic (exact) mass is 438 g/mol. The Morgan fingerprint density at radius 2 is 1.69 bits per heavy atom. The Morgan fingerprint density at radius 3 is 2.31 bits per heavy atom. The van der Waals surface area contributed by atoms with Gasteiger partial charge in [0.15, 0.2) is 0 Å². The predicted octanol–water partition coefficient (Wildman–Crippen LogP) is 5.36. The second-order valence-corrected chi connectivity index (χ2v) is 9.18. The molecule has 1 saturated carbocycles. The Morgan fingerprint density at radius 1 is 1.03 bits per heavy atom.